The summed E-state index contributed by atoms with van der Waals surface area (Å²) in [6.45, 7) is 8.96. The quantitative estimate of drug-likeness (QED) is 0.251. The van der Waals surface area contributed by atoms with Crippen LogP contribution in [0.15, 0.2) is 46.0 Å². The van der Waals surface area contributed by atoms with Crippen LogP contribution in [-0.4, -0.2) is 36.7 Å². The van der Waals surface area contributed by atoms with Gasteiger partial charge in [-0.15, -0.1) is 24.0 Å². The lowest BCUT2D eigenvalue weighted by Crippen LogP contribution is -2.38. The van der Waals surface area contributed by atoms with Gasteiger partial charge in [-0.05, 0) is 39.3 Å². The number of aliphatic imine (C=N–C) groups is 1. The molecule has 0 spiro atoms. The first-order valence-electron chi connectivity index (χ1n) is 8.82. The first-order valence-corrected chi connectivity index (χ1v) is 8.82. The minimum Gasteiger partial charge on any atom is -0.444 e. The van der Waals surface area contributed by atoms with Gasteiger partial charge in [0.25, 0.3) is 0 Å². The summed E-state index contributed by atoms with van der Waals surface area (Å²) in [6.07, 6.45) is 2.87. The lowest BCUT2D eigenvalue weighted by Gasteiger charge is -2.11. The van der Waals surface area contributed by atoms with Gasteiger partial charge in [0.1, 0.15) is 12.0 Å². The van der Waals surface area contributed by atoms with Gasteiger partial charge in [0.05, 0.1) is 12.6 Å². The van der Waals surface area contributed by atoms with E-state index in [0.717, 1.165) is 43.3 Å². The van der Waals surface area contributed by atoms with E-state index in [0.29, 0.717) is 12.4 Å². The van der Waals surface area contributed by atoms with Crippen molar-refractivity contribution in [3.63, 3.8) is 0 Å². The Morgan fingerprint density at radius 2 is 2.00 bits per heavy atom. The fourth-order valence-corrected chi connectivity index (χ4v) is 2.19. The van der Waals surface area contributed by atoms with Crippen LogP contribution in [0.1, 0.15) is 32.9 Å². The van der Waals surface area contributed by atoms with E-state index in [9.17, 15) is 0 Å². The topological polar surface area (TPSA) is 71.7 Å². The van der Waals surface area contributed by atoms with Gasteiger partial charge in [0.15, 0.2) is 5.96 Å². The van der Waals surface area contributed by atoms with Crippen molar-refractivity contribution in [1.82, 2.24) is 15.6 Å². The highest BCUT2D eigenvalue weighted by molar-refractivity contribution is 14.0. The van der Waals surface area contributed by atoms with Gasteiger partial charge < -0.3 is 19.8 Å². The molecule has 1 aromatic heterocycles. The average molecular weight is 472 g/mol. The zero-order valence-corrected chi connectivity index (χ0v) is 18.0. The van der Waals surface area contributed by atoms with E-state index in [1.165, 1.54) is 0 Å². The second kappa shape index (κ2) is 12.7. The van der Waals surface area contributed by atoms with Gasteiger partial charge in [-0.2, -0.15) is 0 Å². The maximum Gasteiger partial charge on any atom is 0.226 e. The first-order chi connectivity index (χ1) is 12.2. The number of nitrogens with zero attached hydrogens (tertiary/aromatic N) is 2. The molecule has 1 aromatic carbocycles. The molecule has 7 heteroatoms. The molecule has 0 aliphatic heterocycles. The molecule has 144 valence electrons. The van der Waals surface area contributed by atoms with Crippen LogP contribution in [0.5, 0.6) is 0 Å². The number of oxazole rings is 1. The highest BCUT2D eigenvalue weighted by Crippen LogP contribution is 2.18. The zero-order chi connectivity index (χ0) is 17.9. The predicted molar refractivity (Wildman–Crippen MR) is 116 cm³/mol. The van der Waals surface area contributed by atoms with Crippen LogP contribution in [0.3, 0.4) is 0 Å². The summed E-state index contributed by atoms with van der Waals surface area (Å²) in [5.74, 6) is 1.39. The van der Waals surface area contributed by atoms with E-state index in [2.05, 4.69) is 20.6 Å². The van der Waals surface area contributed by atoms with E-state index >= 15 is 0 Å². The standard InChI is InChI=1S/C19H28N4O2.HI/c1-4-20-19(21-11-8-12-24-15(2)3)22-13-17-14-25-18(23-17)16-9-6-5-7-10-16;/h5-7,9-10,14-15H,4,8,11-13H2,1-3H3,(H2,20,21,22);1H. The molecule has 0 saturated carbocycles. The van der Waals surface area contributed by atoms with Crippen LogP contribution in [0.2, 0.25) is 0 Å². The van der Waals surface area contributed by atoms with Crippen LogP contribution in [0.25, 0.3) is 11.5 Å². The maximum atomic E-state index is 5.54. The number of hydrogen-bond acceptors (Lipinski definition) is 4. The zero-order valence-electron chi connectivity index (χ0n) is 15.7. The number of halogens is 1. The fraction of sp³-hybridized carbons (Fsp3) is 0.474. The van der Waals surface area contributed by atoms with Crippen molar-refractivity contribution in [2.75, 3.05) is 19.7 Å². The molecule has 0 aliphatic rings. The van der Waals surface area contributed by atoms with Crippen molar-refractivity contribution in [3.8, 4) is 11.5 Å². The predicted octanol–water partition coefficient (Wildman–Crippen LogP) is 3.83. The van der Waals surface area contributed by atoms with E-state index in [1.807, 2.05) is 51.1 Å². The molecule has 2 aromatic rings. The molecule has 0 fully saturated rings. The highest BCUT2D eigenvalue weighted by atomic mass is 127. The van der Waals surface area contributed by atoms with Crippen LogP contribution in [0, 0.1) is 0 Å². The molecule has 0 unspecified atom stereocenters. The summed E-state index contributed by atoms with van der Waals surface area (Å²) in [5, 5.41) is 6.53. The SMILES string of the molecule is CCNC(=NCc1coc(-c2ccccc2)n1)NCCCOC(C)C.I. The van der Waals surface area contributed by atoms with E-state index in [-0.39, 0.29) is 30.1 Å². The summed E-state index contributed by atoms with van der Waals surface area (Å²) < 4.78 is 11.1. The molecule has 0 aliphatic carbocycles. The second-order valence-corrected chi connectivity index (χ2v) is 5.91. The molecule has 0 atom stereocenters. The molecule has 0 bridgehead atoms. The van der Waals surface area contributed by atoms with Crippen molar-refractivity contribution >= 4 is 29.9 Å². The number of aromatic nitrogens is 1. The third kappa shape index (κ3) is 8.18. The molecular formula is C19H29IN4O2. The third-order valence-electron chi connectivity index (χ3n) is 3.38. The van der Waals surface area contributed by atoms with Gasteiger partial charge in [-0.3, -0.25) is 0 Å². The molecule has 26 heavy (non-hydrogen) atoms. The van der Waals surface area contributed by atoms with Gasteiger partial charge in [-0.25, -0.2) is 9.98 Å². The Morgan fingerprint density at radius 3 is 2.69 bits per heavy atom. The number of rotatable bonds is 9. The molecule has 0 radical (unpaired) electrons. The molecule has 1 heterocycles. The van der Waals surface area contributed by atoms with Crippen LogP contribution >= 0.6 is 24.0 Å². The average Bonchev–Trinajstić information content (AvgIpc) is 3.09. The van der Waals surface area contributed by atoms with Crippen molar-refractivity contribution in [2.24, 2.45) is 4.99 Å². The third-order valence-corrected chi connectivity index (χ3v) is 3.38. The van der Waals surface area contributed by atoms with Crippen molar-refractivity contribution in [3.05, 3.63) is 42.3 Å². The molecule has 2 N–H and O–H groups in total. The lowest BCUT2D eigenvalue weighted by atomic mass is 10.2. The summed E-state index contributed by atoms with van der Waals surface area (Å²) in [4.78, 5) is 9.05. The summed E-state index contributed by atoms with van der Waals surface area (Å²) >= 11 is 0. The molecule has 2 rings (SSSR count). The van der Waals surface area contributed by atoms with Gasteiger partial charge in [0.2, 0.25) is 5.89 Å². The minimum absolute atomic E-state index is 0. The van der Waals surface area contributed by atoms with Crippen molar-refractivity contribution in [2.45, 2.75) is 39.8 Å². The normalized spacial score (nSPS) is 11.3. The van der Waals surface area contributed by atoms with Gasteiger partial charge >= 0.3 is 0 Å². The Kier molecular flexibility index (Phi) is 11.0. The summed E-state index contributed by atoms with van der Waals surface area (Å²) in [5.41, 5.74) is 1.77. The van der Waals surface area contributed by atoms with Crippen LogP contribution in [-0.2, 0) is 11.3 Å². The largest absolute Gasteiger partial charge is 0.444 e. The number of guanidine groups is 1. The monoisotopic (exact) mass is 472 g/mol. The van der Waals surface area contributed by atoms with Gasteiger partial charge in [0, 0.05) is 25.3 Å². The Balaban J connectivity index is 0.00000338. The van der Waals surface area contributed by atoms with Gasteiger partial charge in [-0.1, -0.05) is 18.2 Å². The first kappa shape index (κ1) is 22.4. The molecule has 0 saturated heterocycles. The molecule has 0 amide bonds. The Hall–Kier alpha value is -1.61. The number of benzene rings is 1. The number of nitrogens with one attached hydrogen (secondary N) is 2. The van der Waals surface area contributed by atoms with E-state index in [1.54, 1.807) is 6.26 Å². The molecule has 6 nitrogen and oxygen atoms in total. The van der Waals surface area contributed by atoms with Crippen LogP contribution < -0.4 is 10.6 Å². The summed E-state index contributed by atoms with van der Waals surface area (Å²) in [6, 6.07) is 9.85. The Morgan fingerprint density at radius 1 is 1.23 bits per heavy atom. The Labute approximate surface area is 172 Å². The van der Waals surface area contributed by atoms with Crippen molar-refractivity contribution in [1.29, 1.82) is 0 Å². The smallest absolute Gasteiger partial charge is 0.226 e. The highest BCUT2D eigenvalue weighted by Gasteiger charge is 2.06. The number of ether oxygens (including phenoxy) is 1. The lowest BCUT2D eigenvalue weighted by molar-refractivity contribution is 0.0776. The van der Waals surface area contributed by atoms with E-state index < -0.39 is 0 Å². The second-order valence-electron chi connectivity index (χ2n) is 5.91. The fourth-order valence-electron chi connectivity index (χ4n) is 2.19. The van der Waals surface area contributed by atoms with Crippen LogP contribution in [0.4, 0.5) is 0 Å². The number of hydrogen-bond donors (Lipinski definition) is 2. The van der Waals surface area contributed by atoms with Crippen molar-refractivity contribution < 1.29 is 9.15 Å². The minimum atomic E-state index is 0. The Bertz CT molecular complexity index is 644. The van der Waals surface area contributed by atoms with E-state index in [4.69, 9.17) is 9.15 Å². The maximum absolute atomic E-state index is 5.54. The summed E-state index contributed by atoms with van der Waals surface area (Å²) in [7, 11) is 0. The molecular weight excluding hydrogens is 443 g/mol.